The summed E-state index contributed by atoms with van der Waals surface area (Å²) in [6.45, 7) is 2.34. The molecule has 1 rings (SSSR count). The predicted molar refractivity (Wildman–Crippen MR) is 96.9 cm³/mol. The lowest BCUT2D eigenvalue weighted by Gasteiger charge is -2.13. The predicted octanol–water partition coefficient (Wildman–Crippen LogP) is 3.28. The monoisotopic (exact) mass is 445 g/mol. The largest absolute Gasteiger partial charge is 0.496 e. The fourth-order valence-electron chi connectivity index (χ4n) is 1.89. The number of halogens is 4. The molecule has 0 unspecified atom stereocenters. The van der Waals surface area contributed by atoms with E-state index < -0.39 is 12.6 Å². The summed E-state index contributed by atoms with van der Waals surface area (Å²) in [7, 11) is 3.15. The van der Waals surface area contributed by atoms with E-state index in [1.165, 1.54) is 7.05 Å². The molecule has 0 aliphatic rings. The standard InChI is InChI=1S/C15H22F3N3O.HI/c1-11-4-5-12(10-13(11)22-3)6-8-20-14(19-2)21-9-7-15(16,17)18;/h4-5,10H,6-9H2,1-3H3,(H2,19,20,21);1H. The Bertz CT molecular complexity index is 507. The van der Waals surface area contributed by atoms with E-state index in [2.05, 4.69) is 15.6 Å². The number of nitrogens with one attached hydrogen (secondary N) is 2. The topological polar surface area (TPSA) is 45.7 Å². The van der Waals surface area contributed by atoms with Gasteiger partial charge in [0.05, 0.1) is 13.5 Å². The first-order valence-electron chi connectivity index (χ1n) is 7.00. The molecule has 0 spiro atoms. The van der Waals surface area contributed by atoms with Crippen LogP contribution in [0.15, 0.2) is 23.2 Å². The van der Waals surface area contributed by atoms with Crippen molar-refractivity contribution in [3.8, 4) is 5.75 Å². The van der Waals surface area contributed by atoms with Crippen LogP contribution in [0, 0.1) is 6.92 Å². The van der Waals surface area contributed by atoms with Crippen LogP contribution in [0.25, 0.3) is 0 Å². The summed E-state index contributed by atoms with van der Waals surface area (Å²) in [6, 6.07) is 5.93. The van der Waals surface area contributed by atoms with Gasteiger partial charge >= 0.3 is 6.18 Å². The third-order valence-electron chi connectivity index (χ3n) is 3.10. The van der Waals surface area contributed by atoms with Crippen LogP contribution >= 0.6 is 24.0 Å². The normalized spacial score (nSPS) is 11.7. The van der Waals surface area contributed by atoms with Crippen molar-refractivity contribution in [3.63, 3.8) is 0 Å². The summed E-state index contributed by atoms with van der Waals surface area (Å²) >= 11 is 0. The molecule has 0 radical (unpaired) electrons. The van der Waals surface area contributed by atoms with Gasteiger partial charge in [-0.3, -0.25) is 4.99 Å². The van der Waals surface area contributed by atoms with Crippen molar-refractivity contribution in [2.24, 2.45) is 4.99 Å². The van der Waals surface area contributed by atoms with Crippen LogP contribution in [-0.2, 0) is 6.42 Å². The van der Waals surface area contributed by atoms with Crippen molar-refractivity contribution in [2.75, 3.05) is 27.2 Å². The number of ether oxygens (including phenoxy) is 1. The highest BCUT2D eigenvalue weighted by Gasteiger charge is 2.26. The number of benzene rings is 1. The van der Waals surface area contributed by atoms with Crippen molar-refractivity contribution in [1.82, 2.24) is 10.6 Å². The quantitative estimate of drug-likeness (QED) is 0.402. The van der Waals surface area contributed by atoms with Gasteiger partial charge in [0.2, 0.25) is 0 Å². The molecule has 0 fully saturated rings. The van der Waals surface area contributed by atoms with Gasteiger partial charge in [-0.1, -0.05) is 12.1 Å². The molecule has 1 aromatic carbocycles. The van der Waals surface area contributed by atoms with Gasteiger partial charge in [-0.15, -0.1) is 24.0 Å². The van der Waals surface area contributed by atoms with E-state index in [-0.39, 0.29) is 30.5 Å². The second-order valence-corrected chi connectivity index (χ2v) is 4.84. The van der Waals surface area contributed by atoms with Gasteiger partial charge in [0, 0.05) is 20.1 Å². The van der Waals surface area contributed by atoms with Crippen LogP contribution in [0.4, 0.5) is 13.2 Å². The average molecular weight is 445 g/mol. The van der Waals surface area contributed by atoms with Gasteiger partial charge < -0.3 is 15.4 Å². The third-order valence-corrected chi connectivity index (χ3v) is 3.10. The lowest BCUT2D eigenvalue weighted by Crippen LogP contribution is -2.39. The van der Waals surface area contributed by atoms with E-state index in [1.807, 2.05) is 25.1 Å². The molecule has 0 aliphatic heterocycles. The molecule has 0 saturated heterocycles. The molecule has 0 aliphatic carbocycles. The molecule has 132 valence electrons. The Morgan fingerprint density at radius 3 is 2.43 bits per heavy atom. The minimum atomic E-state index is -4.16. The number of rotatable bonds is 6. The maximum atomic E-state index is 12.1. The molecule has 2 N–H and O–H groups in total. The Labute approximate surface area is 151 Å². The average Bonchev–Trinajstić information content (AvgIpc) is 2.46. The lowest BCUT2D eigenvalue weighted by atomic mass is 10.1. The molecule has 0 bridgehead atoms. The van der Waals surface area contributed by atoms with E-state index in [4.69, 9.17) is 4.74 Å². The molecule has 4 nitrogen and oxygen atoms in total. The number of aliphatic imine (C=N–C) groups is 1. The highest BCUT2D eigenvalue weighted by atomic mass is 127. The Kier molecular flexibility index (Phi) is 10.0. The van der Waals surface area contributed by atoms with Crippen LogP contribution in [0.1, 0.15) is 17.5 Å². The Balaban J connectivity index is 0.00000484. The zero-order valence-electron chi connectivity index (χ0n) is 13.5. The summed E-state index contributed by atoms with van der Waals surface area (Å²) in [5, 5.41) is 5.63. The van der Waals surface area contributed by atoms with Crippen molar-refractivity contribution in [2.45, 2.75) is 25.9 Å². The molecular formula is C15H23F3IN3O. The zero-order chi connectivity index (χ0) is 16.6. The van der Waals surface area contributed by atoms with Gasteiger partial charge in [0.25, 0.3) is 0 Å². The first kappa shape index (κ1) is 21.8. The summed E-state index contributed by atoms with van der Waals surface area (Å²) in [5.74, 6) is 1.19. The highest BCUT2D eigenvalue weighted by molar-refractivity contribution is 14.0. The molecule has 23 heavy (non-hydrogen) atoms. The first-order chi connectivity index (χ1) is 10.4. The first-order valence-corrected chi connectivity index (χ1v) is 7.00. The van der Waals surface area contributed by atoms with Crippen molar-refractivity contribution < 1.29 is 17.9 Å². The molecule has 1 aromatic rings. The molecule has 8 heteroatoms. The SMILES string of the molecule is CN=C(NCCc1ccc(C)c(OC)c1)NCCC(F)(F)F.I. The van der Waals surface area contributed by atoms with Crippen molar-refractivity contribution >= 4 is 29.9 Å². The Hall–Kier alpha value is -1.19. The molecular weight excluding hydrogens is 422 g/mol. The van der Waals surface area contributed by atoms with E-state index in [0.717, 1.165) is 23.3 Å². The molecule has 0 atom stereocenters. The number of alkyl halides is 3. The number of guanidine groups is 1. The van der Waals surface area contributed by atoms with Crippen LogP contribution in [0.2, 0.25) is 0 Å². The van der Waals surface area contributed by atoms with E-state index in [9.17, 15) is 13.2 Å². The summed E-state index contributed by atoms with van der Waals surface area (Å²) in [5.41, 5.74) is 2.14. The number of hydrogen-bond acceptors (Lipinski definition) is 2. The molecule has 0 aromatic heterocycles. The zero-order valence-corrected chi connectivity index (χ0v) is 15.8. The Morgan fingerprint density at radius 1 is 1.22 bits per heavy atom. The number of hydrogen-bond donors (Lipinski definition) is 2. The summed E-state index contributed by atoms with van der Waals surface area (Å²) in [6.07, 6.45) is -4.33. The van der Waals surface area contributed by atoms with E-state index in [0.29, 0.717) is 12.5 Å². The summed E-state index contributed by atoms with van der Waals surface area (Å²) < 4.78 is 41.5. The van der Waals surface area contributed by atoms with Gasteiger partial charge in [0.1, 0.15) is 5.75 Å². The summed E-state index contributed by atoms with van der Waals surface area (Å²) in [4.78, 5) is 3.89. The smallest absolute Gasteiger partial charge is 0.390 e. The van der Waals surface area contributed by atoms with Crippen molar-refractivity contribution in [1.29, 1.82) is 0 Å². The van der Waals surface area contributed by atoms with Crippen LogP contribution in [0.5, 0.6) is 5.75 Å². The maximum absolute atomic E-state index is 12.1. The highest BCUT2D eigenvalue weighted by Crippen LogP contribution is 2.19. The van der Waals surface area contributed by atoms with Crippen LogP contribution in [-0.4, -0.2) is 39.4 Å². The third kappa shape index (κ3) is 8.87. The molecule has 0 heterocycles. The maximum Gasteiger partial charge on any atom is 0.390 e. The van der Waals surface area contributed by atoms with Crippen molar-refractivity contribution in [3.05, 3.63) is 29.3 Å². The second-order valence-electron chi connectivity index (χ2n) is 4.84. The van der Waals surface area contributed by atoms with Gasteiger partial charge in [-0.05, 0) is 30.5 Å². The van der Waals surface area contributed by atoms with Gasteiger partial charge in [0.15, 0.2) is 5.96 Å². The number of nitrogens with zero attached hydrogens (tertiary/aromatic N) is 1. The molecule has 0 amide bonds. The second kappa shape index (κ2) is 10.6. The lowest BCUT2D eigenvalue weighted by molar-refractivity contribution is -0.132. The van der Waals surface area contributed by atoms with E-state index in [1.54, 1.807) is 7.11 Å². The van der Waals surface area contributed by atoms with Gasteiger partial charge in [-0.25, -0.2) is 0 Å². The molecule has 0 saturated carbocycles. The Morgan fingerprint density at radius 2 is 1.87 bits per heavy atom. The number of methoxy groups -OCH3 is 1. The van der Waals surface area contributed by atoms with Gasteiger partial charge in [-0.2, -0.15) is 13.2 Å². The minimum Gasteiger partial charge on any atom is -0.496 e. The fraction of sp³-hybridized carbons (Fsp3) is 0.533. The number of aryl methyl sites for hydroxylation is 1. The fourth-order valence-corrected chi connectivity index (χ4v) is 1.89. The van der Waals surface area contributed by atoms with Crippen LogP contribution < -0.4 is 15.4 Å². The van der Waals surface area contributed by atoms with Crippen LogP contribution in [0.3, 0.4) is 0 Å². The minimum absolute atomic E-state index is 0. The van der Waals surface area contributed by atoms with E-state index >= 15 is 0 Å².